The maximum Gasteiger partial charge on any atom is 0.269 e. The molecule has 0 fully saturated rings. The summed E-state index contributed by atoms with van der Waals surface area (Å²) in [5.74, 6) is 1.31. The van der Waals surface area contributed by atoms with Crippen LogP contribution in [0.5, 0.6) is 28.7 Å². The van der Waals surface area contributed by atoms with E-state index >= 15 is 0 Å². The summed E-state index contributed by atoms with van der Waals surface area (Å²) in [6, 6.07) is 8.43. The van der Waals surface area contributed by atoms with Crippen molar-refractivity contribution in [2.75, 3.05) is 35.5 Å². The fourth-order valence-electron chi connectivity index (χ4n) is 2.87. The van der Waals surface area contributed by atoms with Crippen molar-refractivity contribution in [3.8, 4) is 28.7 Å². The molecule has 0 aliphatic carbocycles. The second kappa shape index (κ2) is 10.8. The van der Waals surface area contributed by atoms with Gasteiger partial charge in [0.15, 0.2) is 23.0 Å². The first-order chi connectivity index (χ1) is 14.5. The highest BCUT2D eigenvalue weighted by Crippen LogP contribution is 2.38. The van der Waals surface area contributed by atoms with Crippen molar-refractivity contribution in [3.05, 3.63) is 41.5 Å². The molecule has 9 nitrogen and oxygen atoms in total. The van der Waals surface area contributed by atoms with Gasteiger partial charge in [-0.15, -0.1) is 0 Å². The van der Waals surface area contributed by atoms with Gasteiger partial charge in [-0.05, 0) is 30.2 Å². The van der Waals surface area contributed by atoms with Gasteiger partial charge in [0.1, 0.15) is 0 Å². The van der Waals surface area contributed by atoms with Gasteiger partial charge in [0, 0.05) is 12.0 Å². The van der Waals surface area contributed by atoms with Crippen LogP contribution in [0.25, 0.3) is 0 Å². The molecule has 0 spiro atoms. The highest BCUT2D eigenvalue weighted by molar-refractivity contribution is 5.96. The lowest BCUT2D eigenvalue weighted by molar-refractivity contribution is -0.121. The SMILES string of the molecule is COc1cccc(CCC(=O)NNC(=O)c2cc(OC)c(OC)c(OC)c2)c1OC. The molecule has 0 aliphatic heterocycles. The fourth-order valence-corrected chi connectivity index (χ4v) is 2.87. The molecule has 0 heterocycles. The second-order valence-corrected chi connectivity index (χ2v) is 6.07. The van der Waals surface area contributed by atoms with Crippen LogP contribution in [0.3, 0.4) is 0 Å². The zero-order valence-corrected chi connectivity index (χ0v) is 17.7. The Hall–Kier alpha value is -3.62. The standard InChI is InChI=1S/C21H26N2O7/c1-26-15-8-6-7-13(19(15)29-4)9-10-18(24)22-23-21(25)14-11-16(27-2)20(30-5)17(12-14)28-3/h6-8,11-12H,9-10H2,1-5H3,(H,22,24)(H,23,25). The maximum atomic E-state index is 12.4. The number of methoxy groups -OCH3 is 5. The van der Waals surface area contributed by atoms with Gasteiger partial charge in [-0.2, -0.15) is 0 Å². The maximum absolute atomic E-state index is 12.4. The molecule has 9 heteroatoms. The Bertz CT molecular complexity index is 874. The first-order valence-electron chi connectivity index (χ1n) is 9.08. The van der Waals surface area contributed by atoms with E-state index in [1.165, 1.54) is 33.5 Å². The number of benzene rings is 2. The highest BCUT2D eigenvalue weighted by atomic mass is 16.5. The van der Waals surface area contributed by atoms with Gasteiger partial charge in [-0.25, -0.2) is 0 Å². The molecule has 2 N–H and O–H groups in total. The molecule has 2 rings (SSSR count). The summed E-state index contributed by atoms with van der Waals surface area (Å²) in [4.78, 5) is 24.6. The third-order valence-electron chi connectivity index (χ3n) is 4.35. The second-order valence-electron chi connectivity index (χ2n) is 6.07. The molecular weight excluding hydrogens is 392 g/mol. The lowest BCUT2D eigenvalue weighted by atomic mass is 10.1. The molecule has 2 amide bonds. The van der Waals surface area contributed by atoms with E-state index in [0.717, 1.165) is 5.56 Å². The van der Waals surface area contributed by atoms with Crippen molar-refractivity contribution >= 4 is 11.8 Å². The van der Waals surface area contributed by atoms with Crippen LogP contribution in [-0.4, -0.2) is 47.4 Å². The molecule has 0 radical (unpaired) electrons. The number of hydrogen-bond donors (Lipinski definition) is 2. The number of carbonyl (C=O) groups is 2. The Morgan fingerprint density at radius 3 is 1.90 bits per heavy atom. The number of nitrogens with one attached hydrogen (secondary N) is 2. The van der Waals surface area contributed by atoms with Crippen LogP contribution >= 0.6 is 0 Å². The Labute approximate surface area is 175 Å². The van der Waals surface area contributed by atoms with Crippen molar-refractivity contribution in [3.63, 3.8) is 0 Å². The monoisotopic (exact) mass is 418 g/mol. The molecule has 0 aromatic heterocycles. The number of amides is 2. The van der Waals surface area contributed by atoms with E-state index in [2.05, 4.69) is 10.9 Å². The van der Waals surface area contributed by atoms with E-state index in [1.807, 2.05) is 12.1 Å². The summed E-state index contributed by atoms with van der Waals surface area (Å²) in [5.41, 5.74) is 5.83. The third kappa shape index (κ3) is 5.25. The summed E-state index contributed by atoms with van der Waals surface area (Å²) in [6.07, 6.45) is 0.547. The summed E-state index contributed by atoms with van der Waals surface area (Å²) in [7, 11) is 7.46. The van der Waals surface area contributed by atoms with Crippen LogP contribution < -0.4 is 34.5 Å². The minimum atomic E-state index is -0.526. The van der Waals surface area contributed by atoms with E-state index < -0.39 is 5.91 Å². The average molecular weight is 418 g/mol. The lowest BCUT2D eigenvalue weighted by Crippen LogP contribution is -2.41. The van der Waals surface area contributed by atoms with E-state index in [1.54, 1.807) is 20.3 Å². The molecular formula is C21H26N2O7. The van der Waals surface area contributed by atoms with Gasteiger partial charge in [0.05, 0.1) is 35.5 Å². The Morgan fingerprint density at radius 1 is 0.767 bits per heavy atom. The normalized spacial score (nSPS) is 10.0. The minimum absolute atomic E-state index is 0.138. The number of para-hydroxylation sites is 1. The average Bonchev–Trinajstić information content (AvgIpc) is 2.79. The molecule has 0 aliphatic rings. The molecule has 0 saturated carbocycles. The van der Waals surface area contributed by atoms with Crippen molar-refractivity contribution in [2.24, 2.45) is 0 Å². The van der Waals surface area contributed by atoms with Gasteiger partial charge in [-0.3, -0.25) is 20.4 Å². The first-order valence-corrected chi connectivity index (χ1v) is 9.08. The lowest BCUT2D eigenvalue weighted by Gasteiger charge is -2.14. The predicted molar refractivity (Wildman–Crippen MR) is 110 cm³/mol. The number of aryl methyl sites for hydroxylation is 1. The van der Waals surface area contributed by atoms with Crippen LogP contribution in [0, 0.1) is 0 Å². The zero-order valence-electron chi connectivity index (χ0n) is 17.7. The van der Waals surface area contributed by atoms with Crippen molar-refractivity contribution < 1.29 is 33.3 Å². The number of rotatable bonds is 9. The molecule has 0 atom stereocenters. The van der Waals surface area contributed by atoms with Crippen LogP contribution in [0.2, 0.25) is 0 Å². The van der Waals surface area contributed by atoms with Crippen LogP contribution in [-0.2, 0) is 11.2 Å². The van der Waals surface area contributed by atoms with Crippen molar-refractivity contribution in [1.82, 2.24) is 10.9 Å². The number of ether oxygens (including phenoxy) is 5. The summed E-state index contributed by atoms with van der Waals surface area (Å²) in [5, 5.41) is 0. The molecule has 2 aromatic carbocycles. The molecule has 0 saturated heterocycles. The van der Waals surface area contributed by atoms with E-state index in [4.69, 9.17) is 23.7 Å². The quantitative estimate of drug-likeness (QED) is 0.601. The topological polar surface area (TPSA) is 104 Å². The van der Waals surface area contributed by atoms with Crippen LogP contribution in [0.15, 0.2) is 30.3 Å². The molecule has 30 heavy (non-hydrogen) atoms. The van der Waals surface area contributed by atoms with Gasteiger partial charge >= 0.3 is 0 Å². The molecule has 2 aromatic rings. The van der Waals surface area contributed by atoms with Gasteiger partial charge in [-0.1, -0.05) is 12.1 Å². The van der Waals surface area contributed by atoms with Gasteiger partial charge in [0.2, 0.25) is 11.7 Å². The predicted octanol–water partition coefficient (Wildman–Crippen LogP) is 2.12. The fraction of sp³-hybridized carbons (Fsp3) is 0.333. The minimum Gasteiger partial charge on any atom is -0.493 e. The van der Waals surface area contributed by atoms with Crippen LogP contribution in [0.4, 0.5) is 0 Å². The number of carbonyl (C=O) groups excluding carboxylic acids is 2. The highest BCUT2D eigenvalue weighted by Gasteiger charge is 2.17. The number of hydrogen-bond acceptors (Lipinski definition) is 7. The Kier molecular flexibility index (Phi) is 8.16. The summed E-state index contributed by atoms with van der Waals surface area (Å²) < 4.78 is 26.3. The summed E-state index contributed by atoms with van der Waals surface area (Å²) in [6.45, 7) is 0. The Balaban J connectivity index is 1.99. The van der Waals surface area contributed by atoms with Gasteiger partial charge < -0.3 is 23.7 Å². The van der Waals surface area contributed by atoms with E-state index in [9.17, 15) is 9.59 Å². The Morgan fingerprint density at radius 2 is 1.37 bits per heavy atom. The first kappa shape index (κ1) is 22.7. The number of hydrazine groups is 1. The van der Waals surface area contributed by atoms with Crippen molar-refractivity contribution in [1.29, 1.82) is 0 Å². The van der Waals surface area contributed by atoms with E-state index in [-0.39, 0.29) is 17.9 Å². The molecule has 162 valence electrons. The van der Waals surface area contributed by atoms with E-state index in [0.29, 0.717) is 35.2 Å². The third-order valence-corrected chi connectivity index (χ3v) is 4.35. The summed E-state index contributed by atoms with van der Waals surface area (Å²) >= 11 is 0. The zero-order chi connectivity index (χ0) is 22.1. The van der Waals surface area contributed by atoms with Gasteiger partial charge in [0.25, 0.3) is 5.91 Å². The van der Waals surface area contributed by atoms with Crippen LogP contribution in [0.1, 0.15) is 22.3 Å². The van der Waals surface area contributed by atoms with Crippen molar-refractivity contribution in [2.45, 2.75) is 12.8 Å². The largest absolute Gasteiger partial charge is 0.493 e. The molecule has 0 bridgehead atoms. The smallest absolute Gasteiger partial charge is 0.269 e. The molecule has 0 unspecified atom stereocenters.